The fraction of sp³-hybridized carbons (Fsp3) is 0.194. The molecule has 0 atom stereocenters. The maximum Gasteiger partial charge on any atom is 0.137 e. The third-order valence-corrected chi connectivity index (χ3v) is 7.21. The highest BCUT2D eigenvalue weighted by Crippen LogP contribution is 2.34. The number of piperazine rings is 1. The molecule has 1 aliphatic rings. The van der Waals surface area contributed by atoms with Gasteiger partial charge in [-0.25, -0.2) is 4.98 Å². The number of aromatic amines is 1. The van der Waals surface area contributed by atoms with Gasteiger partial charge in [-0.1, -0.05) is 54.6 Å². The van der Waals surface area contributed by atoms with E-state index in [1.165, 1.54) is 11.3 Å². The third-order valence-electron chi connectivity index (χ3n) is 7.21. The van der Waals surface area contributed by atoms with Gasteiger partial charge in [-0.05, 0) is 48.0 Å². The predicted octanol–water partition coefficient (Wildman–Crippen LogP) is 6.32. The van der Waals surface area contributed by atoms with E-state index in [1.54, 1.807) is 7.11 Å². The lowest BCUT2D eigenvalue weighted by molar-refractivity contribution is 0.313. The molecular weight excluding hydrogens is 444 g/mol. The van der Waals surface area contributed by atoms with Crippen molar-refractivity contribution in [3.05, 3.63) is 91.3 Å². The van der Waals surface area contributed by atoms with Crippen molar-refractivity contribution >= 4 is 16.7 Å². The number of fused-ring (bicyclic) bond motifs is 1. The van der Waals surface area contributed by atoms with Crippen LogP contribution in [0, 0.1) is 0 Å². The van der Waals surface area contributed by atoms with Crippen molar-refractivity contribution in [1.82, 2.24) is 14.9 Å². The standard InChI is InChI=1S/C31H30N4O/c1-34-15-17-35(18-16-34)26-13-11-22(12-14-26)25-19-28-29(21-33-31(28)32-20-25)24-9-7-23(8-10-24)27-5-3-4-6-30(27)36-2/h3-14,19-21H,15-18H2,1-2H3,(H,32,33). The van der Waals surface area contributed by atoms with E-state index in [2.05, 4.69) is 88.7 Å². The van der Waals surface area contributed by atoms with Gasteiger partial charge in [0.25, 0.3) is 0 Å². The number of aromatic nitrogens is 2. The maximum absolute atomic E-state index is 5.54. The molecule has 5 aromatic rings. The van der Waals surface area contributed by atoms with E-state index in [0.29, 0.717) is 0 Å². The molecule has 3 aromatic carbocycles. The van der Waals surface area contributed by atoms with Crippen LogP contribution in [0.5, 0.6) is 5.75 Å². The highest BCUT2D eigenvalue weighted by Gasteiger charge is 2.15. The summed E-state index contributed by atoms with van der Waals surface area (Å²) < 4.78 is 5.54. The van der Waals surface area contributed by atoms with Crippen molar-refractivity contribution in [1.29, 1.82) is 0 Å². The van der Waals surface area contributed by atoms with Crippen LogP contribution < -0.4 is 9.64 Å². The SMILES string of the molecule is COc1ccccc1-c1ccc(-c2c[nH]c3ncc(-c4ccc(N5CCN(C)CC5)cc4)cc23)cc1. The molecule has 1 N–H and O–H groups in total. The van der Waals surface area contributed by atoms with Crippen LogP contribution in [0.2, 0.25) is 0 Å². The fourth-order valence-corrected chi connectivity index (χ4v) is 5.04. The molecule has 3 heterocycles. The van der Waals surface area contributed by atoms with Crippen molar-refractivity contribution in [2.45, 2.75) is 0 Å². The Morgan fingerprint density at radius 1 is 0.750 bits per heavy atom. The summed E-state index contributed by atoms with van der Waals surface area (Å²) in [5, 5.41) is 1.13. The number of methoxy groups -OCH3 is 1. The molecule has 0 spiro atoms. The van der Waals surface area contributed by atoms with Crippen LogP contribution in [0.15, 0.2) is 91.3 Å². The lowest BCUT2D eigenvalue weighted by Crippen LogP contribution is -2.44. The lowest BCUT2D eigenvalue weighted by atomic mass is 9.99. The largest absolute Gasteiger partial charge is 0.496 e. The van der Waals surface area contributed by atoms with E-state index < -0.39 is 0 Å². The van der Waals surface area contributed by atoms with Crippen LogP contribution in [-0.2, 0) is 0 Å². The van der Waals surface area contributed by atoms with Gasteiger partial charge in [0, 0.05) is 66.3 Å². The quantitative estimate of drug-likeness (QED) is 0.324. The van der Waals surface area contributed by atoms with Gasteiger partial charge >= 0.3 is 0 Å². The van der Waals surface area contributed by atoms with Crippen LogP contribution in [0.25, 0.3) is 44.4 Å². The Morgan fingerprint density at radius 3 is 2.14 bits per heavy atom. The van der Waals surface area contributed by atoms with Crippen molar-refractivity contribution < 1.29 is 4.74 Å². The van der Waals surface area contributed by atoms with E-state index in [0.717, 1.165) is 70.8 Å². The molecule has 0 amide bonds. The number of hydrogen-bond acceptors (Lipinski definition) is 4. The number of nitrogens with zero attached hydrogens (tertiary/aromatic N) is 3. The second-order valence-electron chi connectivity index (χ2n) is 9.44. The summed E-state index contributed by atoms with van der Waals surface area (Å²) >= 11 is 0. The number of benzene rings is 3. The molecule has 2 aromatic heterocycles. The van der Waals surface area contributed by atoms with Crippen LogP contribution in [-0.4, -0.2) is 55.2 Å². The molecule has 1 fully saturated rings. The number of pyridine rings is 1. The van der Waals surface area contributed by atoms with Gasteiger partial charge in [0.15, 0.2) is 0 Å². The van der Waals surface area contributed by atoms with Gasteiger partial charge in [-0.15, -0.1) is 0 Å². The van der Waals surface area contributed by atoms with Gasteiger partial charge in [-0.2, -0.15) is 0 Å². The van der Waals surface area contributed by atoms with Crippen molar-refractivity contribution in [2.75, 3.05) is 45.2 Å². The summed E-state index contributed by atoms with van der Waals surface area (Å²) in [4.78, 5) is 12.9. The summed E-state index contributed by atoms with van der Waals surface area (Å²) in [7, 11) is 3.90. The minimum absolute atomic E-state index is 0.879. The zero-order valence-electron chi connectivity index (χ0n) is 20.7. The first-order chi connectivity index (χ1) is 17.7. The Morgan fingerprint density at radius 2 is 1.42 bits per heavy atom. The molecule has 0 radical (unpaired) electrons. The topological polar surface area (TPSA) is 44.4 Å². The summed E-state index contributed by atoms with van der Waals surface area (Å²) in [6, 6.07) is 27.9. The van der Waals surface area contributed by atoms with E-state index in [1.807, 2.05) is 24.4 Å². The molecule has 0 aliphatic carbocycles. The zero-order valence-corrected chi connectivity index (χ0v) is 20.7. The number of H-pyrrole nitrogens is 1. The maximum atomic E-state index is 5.54. The first kappa shape index (κ1) is 22.4. The number of para-hydroxylation sites is 1. The molecular formula is C31H30N4O. The Balaban J connectivity index is 1.28. The van der Waals surface area contributed by atoms with Crippen molar-refractivity contribution in [2.24, 2.45) is 0 Å². The number of likely N-dealkylation sites (N-methyl/N-ethyl adjacent to an activating group) is 1. The third kappa shape index (κ3) is 4.23. The second-order valence-corrected chi connectivity index (χ2v) is 9.44. The van der Waals surface area contributed by atoms with Gasteiger partial charge in [-0.3, -0.25) is 0 Å². The number of hydrogen-bond donors (Lipinski definition) is 1. The minimum atomic E-state index is 0.879. The number of nitrogens with one attached hydrogen (secondary N) is 1. The molecule has 180 valence electrons. The van der Waals surface area contributed by atoms with E-state index >= 15 is 0 Å². The first-order valence-electron chi connectivity index (χ1n) is 12.4. The highest BCUT2D eigenvalue weighted by atomic mass is 16.5. The number of anilines is 1. The van der Waals surface area contributed by atoms with Gasteiger partial charge in [0.05, 0.1) is 7.11 Å². The zero-order chi connectivity index (χ0) is 24.5. The molecule has 0 saturated carbocycles. The number of rotatable bonds is 5. The Hall–Kier alpha value is -4.09. The minimum Gasteiger partial charge on any atom is -0.496 e. The molecule has 1 aliphatic heterocycles. The predicted molar refractivity (Wildman–Crippen MR) is 149 cm³/mol. The Kier molecular flexibility index (Phi) is 5.91. The van der Waals surface area contributed by atoms with E-state index in [9.17, 15) is 0 Å². The van der Waals surface area contributed by atoms with Crippen LogP contribution in [0.1, 0.15) is 0 Å². The fourth-order valence-electron chi connectivity index (χ4n) is 5.04. The summed E-state index contributed by atoms with van der Waals surface area (Å²) in [5.74, 6) is 0.879. The molecule has 1 saturated heterocycles. The average Bonchev–Trinajstić information content (AvgIpc) is 3.37. The Labute approximate surface area is 212 Å². The van der Waals surface area contributed by atoms with Crippen molar-refractivity contribution in [3.63, 3.8) is 0 Å². The molecule has 5 heteroatoms. The number of ether oxygens (including phenoxy) is 1. The van der Waals surface area contributed by atoms with Gasteiger partial charge < -0.3 is 19.5 Å². The smallest absolute Gasteiger partial charge is 0.137 e. The highest BCUT2D eigenvalue weighted by molar-refractivity contribution is 5.96. The second kappa shape index (κ2) is 9.51. The molecule has 6 rings (SSSR count). The van der Waals surface area contributed by atoms with E-state index in [-0.39, 0.29) is 0 Å². The molecule has 5 nitrogen and oxygen atoms in total. The molecule has 0 unspecified atom stereocenters. The molecule has 0 bridgehead atoms. The first-order valence-corrected chi connectivity index (χ1v) is 12.4. The lowest BCUT2D eigenvalue weighted by Gasteiger charge is -2.34. The summed E-state index contributed by atoms with van der Waals surface area (Å²) in [6.45, 7) is 4.37. The summed E-state index contributed by atoms with van der Waals surface area (Å²) in [5.41, 5.74) is 9.03. The average molecular weight is 475 g/mol. The molecule has 36 heavy (non-hydrogen) atoms. The normalized spacial score (nSPS) is 14.3. The summed E-state index contributed by atoms with van der Waals surface area (Å²) in [6.07, 6.45) is 4.01. The van der Waals surface area contributed by atoms with Gasteiger partial charge in [0.1, 0.15) is 11.4 Å². The van der Waals surface area contributed by atoms with Crippen LogP contribution in [0.3, 0.4) is 0 Å². The monoisotopic (exact) mass is 474 g/mol. The van der Waals surface area contributed by atoms with E-state index in [4.69, 9.17) is 9.72 Å². The van der Waals surface area contributed by atoms with Crippen LogP contribution >= 0.6 is 0 Å². The van der Waals surface area contributed by atoms with Crippen LogP contribution in [0.4, 0.5) is 5.69 Å². The van der Waals surface area contributed by atoms with Gasteiger partial charge in [0.2, 0.25) is 0 Å². The van der Waals surface area contributed by atoms with Crippen molar-refractivity contribution in [3.8, 4) is 39.1 Å². The Bertz CT molecular complexity index is 1480.